The first kappa shape index (κ1) is 17.0. The Bertz CT molecular complexity index is 784. The molecular formula is C21H22NO3+. The number of ketones is 1. The molecule has 0 bridgehead atoms. The van der Waals surface area contributed by atoms with Crippen LogP contribution in [0.5, 0.6) is 11.5 Å². The third-order valence-electron chi connectivity index (χ3n) is 4.39. The van der Waals surface area contributed by atoms with Gasteiger partial charge in [-0.2, -0.15) is 0 Å². The molecule has 0 amide bonds. The van der Waals surface area contributed by atoms with Gasteiger partial charge in [-0.25, -0.2) is 0 Å². The average molecular weight is 336 g/mol. The number of piperidine rings is 1. The van der Waals surface area contributed by atoms with Crippen molar-refractivity contribution in [3.8, 4) is 11.5 Å². The van der Waals surface area contributed by atoms with Crippen LogP contribution < -0.4 is 4.90 Å². The minimum absolute atomic E-state index is 0.0314. The van der Waals surface area contributed by atoms with Crippen LogP contribution in [0.3, 0.4) is 0 Å². The maximum atomic E-state index is 12.9. The number of carbonyl (C=O) groups excluding carboxylic acids is 1. The normalized spacial score (nSPS) is 21.0. The molecule has 1 aliphatic rings. The fourth-order valence-corrected chi connectivity index (χ4v) is 3.08. The maximum Gasteiger partial charge on any atom is 0.196 e. The lowest BCUT2D eigenvalue weighted by Crippen LogP contribution is -3.13. The van der Waals surface area contributed by atoms with Gasteiger partial charge in [0.2, 0.25) is 0 Å². The van der Waals surface area contributed by atoms with Gasteiger partial charge in [0, 0.05) is 0 Å². The molecule has 25 heavy (non-hydrogen) atoms. The lowest BCUT2D eigenvalue weighted by Gasteiger charge is -2.25. The molecule has 0 radical (unpaired) electrons. The summed E-state index contributed by atoms with van der Waals surface area (Å²) >= 11 is 0. The fourth-order valence-electron chi connectivity index (χ4n) is 3.08. The van der Waals surface area contributed by atoms with Crippen LogP contribution in [0.25, 0.3) is 12.2 Å². The first-order valence-electron chi connectivity index (χ1n) is 8.42. The number of likely N-dealkylation sites (N-methyl/N-ethyl adjacent to an activating group) is 1. The van der Waals surface area contributed by atoms with E-state index in [4.69, 9.17) is 0 Å². The van der Waals surface area contributed by atoms with Crippen molar-refractivity contribution in [1.29, 1.82) is 0 Å². The summed E-state index contributed by atoms with van der Waals surface area (Å²) in [6.07, 6.45) is 3.71. The number of phenols is 2. The predicted octanol–water partition coefficient (Wildman–Crippen LogP) is 2.05. The summed E-state index contributed by atoms with van der Waals surface area (Å²) in [5, 5.41) is 19.2. The first-order chi connectivity index (χ1) is 12.0. The zero-order valence-corrected chi connectivity index (χ0v) is 14.2. The van der Waals surface area contributed by atoms with Gasteiger partial charge < -0.3 is 15.1 Å². The third-order valence-corrected chi connectivity index (χ3v) is 4.39. The Kier molecular flexibility index (Phi) is 5.00. The van der Waals surface area contributed by atoms with Gasteiger partial charge in [0.05, 0.1) is 17.7 Å². The third kappa shape index (κ3) is 4.17. The molecule has 1 aliphatic heterocycles. The highest BCUT2D eigenvalue weighted by Gasteiger charge is 2.28. The average Bonchev–Trinajstić information content (AvgIpc) is 2.58. The number of aromatic hydroxyl groups is 2. The Labute approximate surface area is 147 Å². The van der Waals surface area contributed by atoms with Crippen LogP contribution in [0.2, 0.25) is 0 Å². The number of quaternary nitrogens is 1. The molecule has 4 heteroatoms. The van der Waals surface area contributed by atoms with Crippen LogP contribution in [0, 0.1) is 0 Å². The highest BCUT2D eigenvalue weighted by atomic mass is 16.3. The topological polar surface area (TPSA) is 62.0 Å². The number of hydrogen-bond donors (Lipinski definition) is 3. The van der Waals surface area contributed by atoms with Crippen molar-refractivity contribution in [3.05, 3.63) is 70.8 Å². The molecule has 0 aromatic heterocycles. The number of benzene rings is 2. The van der Waals surface area contributed by atoms with Crippen molar-refractivity contribution in [2.45, 2.75) is 6.92 Å². The largest absolute Gasteiger partial charge is 0.508 e. The molecule has 2 aromatic carbocycles. The fraction of sp³-hybridized carbons (Fsp3) is 0.190. The molecule has 1 heterocycles. The quantitative estimate of drug-likeness (QED) is 0.752. The second-order valence-corrected chi connectivity index (χ2v) is 6.32. The van der Waals surface area contributed by atoms with Gasteiger partial charge in [0.1, 0.15) is 24.6 Å². The number of phenolic OH excluding ortho intramolecular Hbond substituents is 2. The standard InChI is InChI=1S/C21H21NO3/c1-2-22-13-17(9-15-5-3-7-19(23)11-15)21(25)18(14-22)10-16-6-4-8-20(24)12-16/h3-12,23-24H,2,13-14H2,1H3/p+1/b17-9-,18-10+. The van der Waals surface area contributed by atoms with Crippen LogP contribution in [0.15, 0.2) is 59.7 Å². The van der Waals surface area contributed by atoms with Gasteiger partial charge in [0.15, 0.2) is 5.78 Å². The summed E-state index contributed by atoms with van der Waals surface area (Å²) in [6.45, 7) is 4.36. The Hall–Kier alpha value is -2.85. The molecule has 0 spiro atoms. The van der Waals surface area contributed by atoms with Crippen LogP contribution in [0.1, 0.15) is 18.1 Å². The smallest absolute Gasteiger partial charge is 0.196 e. The van der Waals surface area contributed by atoms with E-state index >= 15 is 0 Å². The van der Waals surface area contributed by atoms with Crippen molar-refractivity contribution in [2.24, 2.45) is 0 Å². The van der Waals surface area contributed by atoms with Crippen molar-refractivity contribution in [1.82, 2.24) is 0 Å². The summed E-state index contributed by atoms with van der Waals surface area (Å²) in [5.74, 6) is 0.407. The molecule has 4 nitrogen and oxygen atoms in total. The Morgan fingerprint density at radius 1 is 0.920 bits per heavy atom. The second-order valence-electron chi connectivity index (χ2n) is 6.32. The van der Waals surface area contributed by atoms with Crippen LogP contribution in [-0.4, -0.2) is 35.6 Å². The van der Waals surface area contributed by atoms with Crippen molar-refractivity contribution in [2.75, 3.05) is 19.6 Å². The molecular weight excluding hydrogens is 314 g/mol. The van der Waals surface area contributed by atoms with E-state index in [0.717, 1.165) is 28.8 Å². The Morgan fingerprint density at radius 3 is 1.80 bits per heavy atom. The first-order valence-corrected chi connectivity index (χ1v) is 8.42. The Morgan fingerprint density at radius 2 is 1.40 bits per heavy atom. The summed E-state index contributed by atoms with van der Waals surface area (Å²) in [6, 6.07) is 13.8. The molecule has 1 fully saturated rings. The van der Waals surface area contributed by atoms with E-state index in [9.17, 15) is 15.0 Å². The van der Waals surface area contributed by atoms with E-state index in [-0.39, 0.29) is 17.3 Å². The van der Waals surface area contributed by atoms with Crippen molar-refractivity contribution >= 4 is 17.9 Å². The Balaban J connectivity index is 1.96. The van der Waals surface area contributed by atoms with Crippen molar-refractivity contribution < 1.29 is 19.9 Å². The molecule has 0 aliphatic carbocycles. The number of likely N-dealkylation sites (tertiary alicyclic amines) is 1. The summed E-state index contributed by atoms with van der Waals surface area (Å²) in [4.78, 5) is 14.2. The minimum atomic E-state index is 0.0314. The van der Waals surface area contributed by atoms with Crippen LogP contribution in [-0.2, 0) is 4.79 Å². The van der Waals surface area contributed by atoms with Crippen LogP contribution in [0.4, 0.5) is 0 Å². The molecule has 1 atom stereocenters. The van der Waals surface area contributed by atoms with Gasteiger partial charge in [-0.05, 0) is 54.5 Å². The second kappa shape index (κ2) is 7.36. The number of Topliss-reactive ketones (excluding diaryl/α,β-unsaturated/α-hetero) is 1. The highest BCUT2D eigenvalue weighted by molar-refractivity contribution is 6.14. The van der Waals surface area contributed by atoms with E-state index in [0.29, 0.717) is 13.1 Å². The summed E-state index contributed by atoms with van der Waals surface area (Å²) in [7, 11) is 0. The molecule has 3 rings (SSSR count). The van der Waals surface area contributed by atoms with Crippen LogP contribution >= 0.6 is 0 Å². The van der Waals surface area contributed by atoms with Crippen molar-refractivity contribution in [3.63, 3.8) is 0 Å². The number of nitrogens with one attached hydrogen (secondary N) is 1. The lowest BCUT2D eigenvalue weighted by molar-refractivity contribution is -0.889. The highest BCUT2D eigenvalue weighted by Crippen LogP contribution is 2.19. The number of rotatable bonds is 3. The van der Waals surface area contributed by atoms with Gasteiger partial charge in [-0.3, -0.25) is 4.79 Å². The van der Waals surface area contributed by atoms with Gasteiger partial charge >= 0.3 is 0 Å². The minimum Gasteiger partial charge on any atom is -0.508 e. The van der Waals surface area contributed by atoms with E-state index in [1.54, 1.807) is 36.4 Å². The van der Waals surface area contributed by atoms with E-state index in [1.165, 1.54) is 4.90 Å². The SMILES string of the molecule is CC[NH+]1C/C(=C/c2cccc(O)c2)C(=O)/C(=C/c2cccc(O)c2)C1. The molecule has 128 valence electrons. The van der Waals surface area contributed by atoms with E-state index in [2.05, 4.69) is 6.92 Å². The molecule has 1 unspecified atom stereocenters. The van der Waals surface area contributed by atoms with E-state index in [1.807, 2.05) is 24.3 Å². The van der Waals surface area contributed by atoms with Gasteiger partial charge in [-0.15, -0.1) is 0 Å². The molecule has 2 aromatic rings. The predicted molar refractivity (Wildman–Crippen MR) is 98.4 cm³/mol. The number of carbonyl (C=O) groups is 1. The zero-order chi connectivity index (χ0) is 17.8. The zero-order valence-electron chi connectivity index (χ0n) is 14.2. The molecule has 0 saturated carbocycles. The lowest BCUT2D eigenvalue weighted by atomic mass is 9.94. The van der Waals surface area contributed by atoms with E-state index < -0.39 is 0 Å². The number of hydrogen-bond acceptors (Lipinski definition) is 3. The summed E-state index contributed by atoms with van der Waals surface area (Å²) in [5.41, 5.74) is 3.11. The van der Waals surface area contributed by atoms with Gasteiger partial charge in [-0.1, -0.05) is 24.3 Å². The molecule has 1 saturated heterocycles. The summed E-state index contributed by atoms with van der Waals surface area (Å²) < 4.78 is 0. The monoisotopic (exact) mass is 336 g/mol. The van der Waals surface area contributed by atoms with Gasteiger partial charge in [0.25, 0.3) is 0 Å². The molecule has 3 N–H and O–H groups in total. The maximum absolute atomic E-state index is 12.9.